The van der Waals surface area contributed by atoms with E-state index >= 15 is 0 Å². The fourth-order valence-electron chi connectivity index (χ4n) is 1.87. The summed E-state index contributed by atoms with van der Waals surface area (Å²) in [4.78, 5) is 19.6. The second-order valence-corrected chi connectivity index (χ2v) is 4.16. The molecule has 5 heteroatoms. The number of benzene rings is 1. The minimum absolute atomic E-state index is 0.236. The number of fused-ring (bicyclic) bond motifs is 1. The quantitative estimate of drug-likeness (QED) is 0.581. The molecule has 4 N–H and O–H groups in total. The summed E-state index contributed by atoms with van der Waals surface area (Å²) in [5, 5.41) is 0.937. The highest BCUT2D eigenvalue weighted by molar-refractivity contribution is 6.04. The molecule has 2 rings (SSSR count). The number of aryl methyl sites for hydroxylation is 2. The maximum atomic E-state index is 11.8. The zero-order valence-corrected chi connectivity index (χ0v) is 10.3. The molecule has 0 fully saturated rings. The Morgan fingerprint density at radius 3 is 2.61 bits per heavy atom. The predicted molar refractivity (Wildman–Crippen MR) is 71.4 cm³/mol. The Labute approximate surface area is 105 Å². The summed E-state index contributed by atoms with van der Waals surface area (Å²) in [6.07, 6.45) is 1.75. The van der Waals surface area contributed by atoms with Crippen LogP contribution in [0, 0.1) is 13.8 Å². The number of hydrogen-bond acceptors (Lipinski definition) is 2. The molecular formula is C13H14N4O. The molecule has 5 nitrogen and oxygen atoms in total. The van der Waals surface area contributed by atoms with Crippen LogP contribution < -0.4 is 11.5 Å². The molecular weight excluding hydrogens is 228 g/mol. The van der Waals surface area contributed by atoms with Gasteiger partial charge in [-0.25, -0.2) is 0 Å². The molecule has 92 valence electrons. The SMILES string of the molecule is Cc1ccnc2c(C)cc(C(=O)N=C(N)N)cc12. The number of aliphatic imine (C=N–C) groups is 1. The van der Waals surface area contributed by atoms with Gasteiger partial charge in [-0.3, -0.25) is 9.78 Å². The zero-order chi connectivity index (χ0) is 13.3. The molecule has 0 bridgehead atoms. The summed E-state index contributed by atoms with van der Waals surface area (Å²) < 4.78 is 0. The lowest BCUT2D eigenvalue weighted by Crippen LogP contribution is -2.24. The van der Waals surface area contributed by atoms with E-state index in [9.17, 15) is 4.79 Å². The largest absolute Gasteiger partial charge is 0.370 e. The Morgan fingerprint density at radius 1 is 1.22 bits per heavy atom. The van der Waals surface area contributed by atoms with Crippen LogP contribution in [0.1, 0.15) is 21.5 Å². The molecule has 0 aliphatic heterocycles. The first-order valence-electron chi connectivity index (χ1n) is 5.49. The molecule has 0 saturated heterocycles. The fourth-order valence-corrected chi connectivity index (χ4v) is 1.87. The first-order valence-corrected chi connectivity index (χ1v) is 5.49. The lowest BCUT2D eigenvalue weighted by molar-refractivity contribution is 0.100. The average molecular weight is 242 g/mol. The van der Waals surface area contributed by atoms with Gasteiger partial charge in [-0.15, -0.1) is 0 Å². The summed E-state index contributed by atoms with van der Waals surface area (Å²) in [5.74, 6) is -0.677. The van der Waals surface area contributed by atoms with Gasteiger partial charge in [0.15, 0.2) is 5.96 Å². The minimum Gasteiger partial charge on any atom is -0.370 e. The molecule has 1 aromatic carbocycles. The van der Waals surface area contributed by atoms with Gasteiger partial charge in [0.2, 0.25) is 0 Å². The number of rotatable bonds is 1. The lowest BCUT2D eigenvalue weighted by Gasteiger charge is -2.06. The van der Waals surface area contributed by atoms with Gasteiger partial charge >= 0.3 is 0 Å². The maximum absolute atomic E-state index is 11.8. The van der Waals surface area contributed by atoms with E-state index in [1.165, 1.54) is 0 Å². The molecule has 1 heterocycles. The summed E-state index contributed by atoms with van der Waals surface area (Å²) in [6.45, 7) is 3.87. The van der Waals surface area contributed by atoms with E-state index in [0.717, 1.165) is 22.0 Å². The van der Waals surface area contributed by atoms with E-state index in [1.54, 1.807) is 18.3 Å². The number of nitrogens with two attached hydrogens (primary N) is 2. The van der Waals surface area contributed by atoms with Crippen LogP contribution in [-0.4, -0.2) is 16.9 Å². The minimum atomic E-state index is -0.441. The van der Waals surface area contributed by atoms with E-state index in [1.807, 2.05) is 19.9 Å². The van der Waals surface area contributed by atoms with Gasteiger partial charge < -0.3 is 11.5 Å². The van der Waals surface area contributed by atoms with Crippen molar-refractivity contribution in [3.05, 3.63) is 41.1 Å². The average Bonchev–Trinajstić information content (AvgIpc) is 2.29. The number of amides is 1. The highest BCUT2D eigenvalue weighted by Gasteiger charge is 2.09. The monoisotopic (exact) mass is 242 g/mol. The zero-order valence-electron chi connectivity index (χ0n) is 10.3. The van der Waals surface area contributed by atoms with Gasteiger partial charge in [0.05, 0.1) is 5.52 Å². The van der Waals surface area contributed by atoms with Crippen LogP contribution in [0.2, 0.25) is 0 Å². The molecule has 0 aliphatic rings. The number of pyridine rings is 1. The molecule has 18 heavy (non-hydrogen) atoms. The highest BCUT2D eigenvalue weighted by Crippen LogP contribution is 2.22. The third-order valence-corrected chi connectivity index (χ3v) is 2.73. The van der Waals surface area contributed by atoms with Gasteiger partial charge in [-0.2, -0.15) is 4.99 Å². The van der Waals surface area contributed by atoms with Crippen LogP contribution in [-0.2, 0) is 0 Å². The highest BCUT2D eigenvalue weighted by atomic mass is 16.1. The van der Waals surface area contributed by atoms with Crippen LogP contribution in [0.4, 0.5) is 0 Å². The van der Waals surface area contributed by atoms with E-state index in [0.29, 0.717) is 5.56 Å². The van der Waals surface area contributed by atoms with Crippen molar-refractivity contribution in [3.63, 3.8) is 0 Å². The molecule has 0 unspecified atom stereocenters. The molecule has 1 aromatic heterocycles. The number of nitrogens with zero attached hydrogens (tertiary/aromatic N) is 2. The van der Waals surface area contributed by atoms with Gasteiger partial charge in [-0.05, 0) is 43.2 Å². The molecule has 0 radical (unpaired) electrons. The van der Waals surface area contributed by atoms with Crippen molar-refractivity contribution >= 4 is 22.8 Å². The van der Waals surface area contributed by atoms with E-state index in [4.69, 9.17) is 11.5 Å². The number of hydrogen-bond donors (Lipinski definition) is 2. The predicted octanol–water partition coefficient (Wildman–Crippen LogP) is 1.27. The Kier molecular flexibility index (Phi) is 2.97. The van der Waals surface area contributed by atoms with Gasteiger partial charge in [0.1, 0.15) is 0 Å². The summed E-state index contributed by atoms with van der Waals surface area (Å²) >= 11 is 0. The first kappa shape index (κ1) is 12.0. The Hall–Kier alpha value is -2.43. The standard InChI is InChI=1S/C13H14N4O/c1-7-3-4-16-11-8(2)5-9(6-10(7)11)12(18)17-13(14)15/h3-6H,1-2H3,(H4,14,15,17,18). The number of aromatic nitrogens is 1. The van der Waals surface area contributed by atoms with E-state index in [2.05, 4.69) is 9.98 Å². The van der Waals surface area contributed by atoms with Crippen molar-refractivity contribution in [1.29, 1.82) is 0 Å². The van der Waals surface area contributed by atoms with Crippen molar-refractivity contribution in [2.24, 2.45) is 16.5 Å². The molecule has 0 spiro atoms. The third kappa shape index (κ3) is 2.15. The van der Waals surface area contributed by atoms with Gasteiger partial charge in [-0.1, -0.05) is 0 Å². The fraction of sp³-hybridized carbons (Fsp3) is 0.154. The number of carbonyl (C=O) groups excluding carboxylic acids is 1. The topological polar surface area (TPSA) is 94.4 Å². The summed E-state index contributed by atoms with van der Waals surface area (Å²) in [7, 11) is 0. The first-order chi connectivity index (χ1) is 8.49. The summed E-state index contributed by atoms with van der Waals surface area (Å²) in [6, 6.07) is 5.40. The second-order valence-electron chi connectivity index (χ2n) is 4.16. The lowest BCUT2D eigenvalue weighted by atomic mass is 10.0. The number of guanidine groups is 1. The molecule has 2 aromatic rings. The van der Waals surface area contributed by atoms with Crippen LogP contribution >= 0.6 is 0 Å². The van der Waals surface area contributed by atoms with Crippen LogP contribution in [0.25, 0.3) is 10.9 Å². The molecule has 0 saturated carbocycles. The van der Waals surface area contributed by atoms with Crippen molar-refractivity contribution in [1.82, 2.24) is 4.98 Å². The number of carbonyl (C=O) groups is 1. The maximum Gasteiger partial charge on any atom is 0.280 e. The van der Waals surface area contributed by atoms with Crippen molar-refractivity contribution in [2.75, 3.05) is 0 Å². The third-order valence-electron chi connectivity index (χ3n) is 2.73. The van der Waals surface area contributed by atoms with Crippen molar-refractivity contribution in [3.8, 4) is 0 Å². The summed E-state index contributed by atoms with van der Waals surface area (Å²) in [5.41, 5.74) is 13.7. The van der Waals surface area contributed by atoms with Crippen molar-refractivity contribution < 1.29 is 4.79 Å². The van der Waals surface area contributed by atoms with Gasteiger partial charge in [0, 0.05) is 17.1 Å². The van der Waals surface area contributed by atoms with E-state index < -0.39 is 5.91 Å². The normalized spacial score (nSPS) is 10.3. The van der Waals surface area contributed by atoms with Gasteiger partial charge in [0.25, 0.3) is 5.91 Å². The molecule has 1 amide bonds. The van der Waals surface area contributed by atoms with Crippen molar-refractivity contribution in [2.45, 2.75) is 13.8 Å². The Balaban J connectivity index is 2.65. The Morgan fingerprint density at radius 2 is 1.94 bits per heavy atom. The van der Waals surface area contributed by atoms with Crippen LogP contribution in [0.5, 0.6) is 0 Å². The molecule has 0 atom stereocenters. The van der Waals surface area contributed by atoms with Crippen LogP contribution in [0.3, 0.4) is 0 Å². The molecule has 0 aliphatic carbocycles. The Bertz CT molecular complexity index is 657. The second kappa shape index (κ2) is 4.44. The van der Waals surface area contributed by atoms with E-state index in [-0.39, 0.29) is 5.96 Å². The smallest absolute Gasteiger partial charge is 0.280 e. The van der Waals surface area contributed by atoms with Crippen LogP contribution in [0.15, 0.2) is 29.4 Å².